The van der Waals surface area contributed by atoms with Gasteiger partial charge in [-0.2, -0.15) is 0 Å². The van der Waals surface area contributed by atoms with E-state index < -0.39 is 0 Å². The molecule has 0 bridgehead atoms. The van der Waals surface area contributed by atoms with Crippen molar-refractivity contribution in [1.29, 1.82) is 0 Å². The lowest BCUT2D eigenvalue weighted by Crippen LogP contribution is -2.09. The monoisotopic (exact) mass is 188 g/mol. The molecule has 0 saturated carbocycles. The van der Waals surface area contributed by atoms with Crippen LogP contribution in [0.4, 0.5) is 0 Å². The fourth-order valence-electron chi connectivity index (χ4n) is 2.60. The standard InChI is InChI=1S/C14H20/c1-2-3-7-12-9-6-10-13-8-4-5-11-14(12)13/h4-5,8,11-12H,2-3,6-7,9-10H2,1H3. The van der Waals surface area contributed by atoms with Crippen LogP contribution in [0.3, 0.4) is 0 Å². The molecule has 1 aliphatic carbocycles. The Morgan fingerprint density at radius 3 is 3.00 bits per heavy atom. The predicted molar refractivity (Wildman–Crippen MR) is 61.6 cm³/mol. The first-order valence-electron chi connectivity index (χ1n) is 5.99. The van der Waals surface area contributed by atoms with E-state index in [1.807, 2.05) is 0 Å². The highest BCUT2D eigenvalue weighted by atomic mass is 14.2. The van der Waals surface area contributed by atoms with Crippen LogP contribution < -0.4 is 0 Å². The molecule has 76 valence electrons. The molecule has 1 atom stereocenters. The minimum atomic E-state index is 0.861. The molecule has 0 heterocycles. The second kappa shape index (κ2) is 4.63. The maximum atomic E-state index is 2.34. The van der Waals surface area contributed by atoms with Gasteiger partial charge in [0.1, 0.15) is 0 Å². The Labute approximate surface area is 87.3 Å². The lowest BCUT2D eigenvalue weighted by atomic mass is 9.80. The quantitative estimate of drug-likeness (QED) is 0.663. The molecule has 0 nitrogen and oxygen atoms in total. The zero-order valence-corrected chi connectivity index (χ0v) is 9.13. The van der Waals surface area contributed by atoms with Gasteiger partial charge in [0.05, 0.1) is 0 Å². The summed E-state index contributed by atoms with van der Waals surface area (Å²) in [5.74, 6) is 0.861. The third kappa shape index (κ3) is 2.00. The molecular formula is C14H20. The Kier molecular flexibility index (Phi) is 3.23. The van der Waals surface area contributed by atoms with Crippen molar-refractivity contribution in [3.8, 4) is 0 Å². The van der Waals surface area contributed by atoms with Crippen molar-refractivity contribution >= 4 is 0 Å². The molecule has 1 aromatic carbocycles. The molecule has 0 saturated heterocycles. The Bertz CT molecular complexity index is 288. The number of hydrogen-bond acceptors (Lipinski definition) is 0. The van der Waals surface area contributed by atoms with Gasteiger partial charge in [0.2, 0.25) is 0 Å². The summed E-state index contributed by atoms with van der Waals surface area (Å²) in [5.41, 5.74) is 3.26. The van der Waals surface area contributed by atoms with E-state index in [1.54, 1.807) is 11.1 Å². The zero-order chi connectivity index (χ0) is 9.80. The van der Waals surface area contributed by atoms with Crippen LogP contribution in [-0.2, 0) is 6.42 Å². The summed E-state index contributed by atoms with van der Waals surface area (Å²) in [7, 11) is 0. The molecule has 1 aliphatic rings. The molecule has 0 amide bonds. The highest BCUT2D eigenvalue weighted by molar-refractivity contribution is 5.32. The van der Waals surface area contributed by atoms with E-state index in [0.717, 1.165) is 5.92 Å². The number of aryl methyl sites for hydroxylation is 1. The van der Waals surface area contributed by atoms with Crippen LogP contribution in [0, 0.1) is 0 Å². The highest BCUT2D eigenvalue weighted by Crippen LogP contribution is 2.34. The van der Waals surface area contributed by atoms with Crippen molar-refractivity contribution in [3.63, 3.8) is 0 Å². The molecule has 0 spiro atoms. The Morgan fingerprint density at radius 2 is 2.14 bits per heavy atom. The largest absolute Gasteiger partial charge is 0.0654 e. The average Bonchev–Trinajstić information content (AvgIpc) is 2.26. The van der Waals surface area contributed by atoms with Gasteiger partial charge in [-0.05, 0) is 42.7 Å². The van der Waals surface area contributed by atoms with Crippen LogP contribution in [0.1, 0.15) is 56.1 Å². The fourth-order valence-corrected chi connectivity index (χ4v) is 2.60. The maximum Gasteiger partial charge on any atom is -0.0159 e. The molecule has 2 rings (SSSR count). The van der Waals surface area contributed by atoms with E-state index in [9.17, 15) is 0 Å². The van der Waals surface area contributed by atoms with Crippen LogP contribution in [0.15, 0.2) is 24.3 Å². The summed E-state index contributed by atoms with van der Waals surface area (Å²) in [4.78, 5) is 0. The first-order chi connectivity index (χ1) is 6.92. The van der Waals surface area contributed by atoms with Gasteiger partial charge in [0.25, 0.3) is 0 Å². The third-order valence-electron chi connectivity index (χ3n) is 3.40. The van der Waals surface area contributed by atoms with Crippen LogP contribution in [0.25, 0.3) is 0 Å². The van der Waals surface area contributed by atoms with Gasteiger partial charge in [-0.3, -0.25) is 0 Å². The minimum absolute atomic E-state index is 0.861. The maximum absolute atomic E-state index is 2.34. The smallest absolute Gasteiger partial charge is 0.0159 e. The van der Waals surface area contributed by atoms with Gasteiger partial charge < -0.3 is 0 Å². The third-order valence-corrected chi connectivity index (χ3v) is 3.40. The molecule has 1 unspecified atom stereocenters. The number of unbranched alkanes of at least 4 members (excludes halogenated alkanes) is 1. The van der Waals surface area contributed by atoms with Crippen LogP contribution >= 0.6 is 0 Å². The molecule has 0 aliphatic heterocycles. The average molecular weight is 188 g/mol. The highest BCUT2D eigenvalue weighted by Gasteiger charge is 2.18. The lowest BCUT2D eigenvalue weighted by molar-refractivity contribution is 0.501. The van der Waals surface area contributed by atoms with E-state index in [-0.39, 0.29) is 0 Å². The molecule has 0 radical (unpaired) electrons. The van der Waals surface area contributed by atoms with E-state index in [4.69, 9.17) is 0 Å². The number of rotatable bonds is 3. The first kappa shape index (κ1) is 9.76. The van der Waals surface area contributed by atoms with Crippen molar-refractivity contribution in [2.24, 2.45) is 0 Å². The van der Waals surface area contributed by atoms with Crippen molar-refractivity contribution in [2.45, 2.75) is 51.4 Å². The topological polar surface area (TPSA) is 0 Å². The molecule has 0 fully saturated rings. The Balaban J connectivity index is 2.14. The first-order valence-corrected chi connectivity index (χ1v) is 5.99. The van der Waals surface area contributed by atoms with Crippen molar-refractivity contribution in [3.05, 3.63) is 35.4 Å². The lowest BCUT2D eigenvalue weighted by Gasteiger charge is -2.25. The van der Waals surface area contributed by atoms with Gasteiger partial charge >= 0.3 is 0 Å². The molecule has 1 aromatic rings. The van der Waals surface area contributed by atoms with Crippen LogP contribution in [0.5, 0.6) is 0 Å². The van der Waals surface area contributed by atoms with Gasteiger partial charge in [-0.25, -0.2) is 0 Å². The van der Waals surface area contributed by atoms with Gasteiger partial charge in [0, 0.05) is 0 Å². The van der Waals surface area contributed by atoms with Gasteiger partial charge in [-0.15, -0.1) is 0 Å². The number of hydrogen-bond donors (Lipinski definition) is 0. The summed E-state index contributed by atoms with van der Waals surface area (Å²) < 4.78 is 0. The van der Waals surface area contributed by atoms with E-state index in [0.29, 0.717) is 0 Å². The second-order valence-corrected chi connectivity index (χ2v) is 4.43. The van der Waals surface area contributed by atoms with Gasteiger partial charge in [0.15, 0.2) is 0 Å². The number of fused-ring (bicyclic) bond motifs is 1. The minimum Gasteiger partial charge on any atom is -0.0654 e. The predicted octanol–water partition coefficient (Wildman–Crippen LogP) is 4.30. The fraction of sp³-hybridized carbons (Fsp3) is 0.571. The molecule has 0 aromatic heterocycles. The summed E-state index contributed by atoms with van der Waals surface area (Å²) in [5, 5.41) is 0. The van der Waals surface area contributed by atoms with Crippen molar-refractivity contribution < 1.29 is 0 Å². The molecule has 14 heavy (non-hydrogen) atoms. The van der Waals surface area contributed by atoms with E-state index in [1.165, 1.54) is 38.5 Å². The summed E-state index contributed by atoms with van der Waals surface area (Å²) in [6, 6.07) is 9.03. The summed E-state index contributed by atoms with van der Waals surface area (Å²) in [6.07, 6.45) is 8.23. The normalized spacial score (nSPS) is 20.5. The van der Waals surface area contributed by atoms with Crippen LogP contribution in [0.2, 0.25) is 0 Å². The SMILES string of the molecule is CCCCC1CCCc2ccccc21. The summed E-state index contributed by atoms with van der Waals surface area (Å²) in [6.45, 7) is 2.29. The van der Waals surface area contributed by atoms with Crippen molar-refractivity contribution in [1.82, 2.24) is 0 Å². The van der Waals surface area contributed by atoms with E-state index >= 15 is 0 Å². The Hall–Kier alpha value is -0.780. The van der Waals surface area contributed by atoms with Gasteiger partial charge in [-0.1, -0.05) is 44.0 Å². The Morgan fingerprint density at radius 1 is 1.29 bits per heavy atom. The molecular weight excluding hydrogens is 168 g/mol. The molecule has 0 N–H and O–H groups in total. The van der Waals surface area contributed by atoms with E-state index in [2.05, 4.69) is 31.2 Å². The molecule has 0 heteroatoms. The van der Waals surface area contributed by atoms with Crippen LogP contribution in [-0.4, -0.2) is 0 Å². The second-order valence-electron chi connectivity index (χ2n) is 4.43. The van der Waals surface area contributed by atoms with Crippen molar-refractivity contribution in [2.75, 3.05) is 0 Å². The summed E-state index contributed by atoms with van der Waals surface area (Å²) >= 11 is 0. The zero-order valence-electron chi connectivity index (χ0n) is 9.13. The number of benzene rings is 1.